The van der Waals surface area contributed by atoms with Crippen LogP contribution in [0.15, 0.2) is 53.5 Å². The second-order valence-corrected chi connectivity index (χ2v) is 11.6. The Kier molecular flexibility index (Phi) is 7.11. The molecule has 0 radical (unpaired) electrons. The molecule has 1 aliphatic carbocycles. The molecule has 1 saturated carbocycles. The largest absolute Gasteiger partial charge is 0.483 e. The van der Waals surface area contributed by atoms with Crippen molar-refractivity contribution < 1.29 is 27.5 Å². The molecule has 1 N–H and O–H groups in total. The van der Waals surface area contributed by atoms with Crippen molar-refractivity contribution in [2.45, 2.75) is 59.0 Å². The molecule has 6 atom stereocenters. The van der Waals surface area contributed by atoms with E-state index in [1.54, 1.807) is 4.57 Å². The highest BCUT2D eigenvalue weighted by atomic mass is 19.1. The van der Waals surface area contributed by atoms with E-state index in [0.717, 1.165) is 12.0 Å². The van der Waals surface area contributed by atoms with E-state index in [2.05, 4.69) is 26.1 Å². The summed E-state index contributed by atoms with van der Waals surface area (Å²) in [4.78, 5) is 43.2. The standard InChI is InChI=1S/C32H32F3N3O4/c1-4-24-27-17(3)26(27)16(2)25-14-37-13-21(31(40)36-12-20-22(34)10-19(33)11-23(20)35)29(39)30(28(37)32(41)38(24)25)42-15-18-8-6-5-7-9-18/h5-11,13,16-17,24-27H,4,12,14-15H2,1-3H3,(H,36,40)/t16?,17-,24?,25-,26+,27+/m0/s1. The smallest absolute Gasteiger partial charge is 0.275 e. The first-order chi connectivity index (χ1) is 20.1. The fourth-order valence-corrected chi connectivity index (χ4v) is 7.28. The second kappa shape index (κ2) is 10.6. The quantitative estimate of drug-likeness (QED) is 0.432. The van der Waals surface area contributed by atoms with E-state index >= 15 is 0 Å². The van der Waals surface area contributed by atoms with Gasteiger partial charge in [0.1, 0.15) is 29.6 Å². The van der Waals surface area contributed by atoms with Crippen LogP contribution in [-0.2, 0) is 19.7 Å². The predicted octanol–water partition coefficient (Wildman–Crippen LogP) is 4.91. The summed E-state index contributed by atoms with van der Waals surface area (Å²) in [5.74, 6) is -3.19. The third kappa shape index (κ3) is 4.57. The Morgan fingerprint density at radius 1 is 1.02 bits per heavy atom. The Morgan fingerprint density at radius 2 is 1.71 bits per heavy atom. The fraction of sp³-hybridized carbons (Fsp3) is 0.406. The van der Waals surface area contributed by atoms with Crippen LogP contribution in [0, 0.1) is 41.1 Å². The number of hydrogen-bond donors (Lipinski definition) is 1. The summed E-state index contributed by atoms with van der Waals surface area (Å²) in [5.41, 5.74) is -0.793. The number of fused-ring (bicyclic) bond motifs is 3. The first-order valence-corrected chi connectivity index (χ1v) is 14.3. The summed E-state index contributed by atoms with van der Waals surface area (Å²) in [6.07, 6.45) is 2.13. The van der Waals surface area contributed by atoms with E-state index in [-0.39, 0.29) is 47.5 Å². The number of aromatic nitrogens is 1. The molecule has 7 nitrogen and oxygen atoms in total. The minimum absolute atomic E-state index is 0.00773. The van der Waals surface area contributed by atoms with Gasteiger partial charge in [-0.2, -0.15) is 0 Å². The van der Waals surface area contributed by atoms with E-state index < -0.39 is 40.9 Å². The van der Waals surface area contributed by atoms with Crippen molar-refractivity contribution in [1.82, 2.24) is 14.8 Å². The molecule has 3 aromatic rings. The molecular formula is C32H32F3N3O4. The molecule has 0 spiro atoms. The van der Waals surface area contributed by atoms with Crippen LogP contribution in [0.2, 0.25) is 0 Å². The van der Waals surface area contributed by atoms with Crippen LogP contribution in [0.25, 0.3) is 0 Å². The normalized spacial score (nSPS) is 25.8. The van der Waals surface area contributed by atoms with Gasteiger partial charge in [-0.1, -0.05) is 51.1 Å². The zero-order valence-electron chi connectivity index (χ0n) is 23.6. The number of hydrogen-bond acceptors (Lipinski definition) is 4. The number of ether oxygens (including phenoxy) is 1. The van der Waals surface area contributed by atoms with E-state index in [4.69, 9.17) is 4.74 Å². The van der Waals surface area contributed by atoms with E-state index in [9.17, 15) is 27.6 Å². The molecule has 3 heterocycles. The molecule has 220 valence electrons. The molecule has 2 aromatic carbocycles. The average Bonchev–Trinajstić information content (AvgIpc) is 3.63. The van der Waals surface area contributed by atoms with Gasteiger partial charge in [-0.25, -0.2) is 13.2 Å². The lowest BCUT2D eigenvalue weighted by Gasteiger charge is -2.48. The maximum Gasteiger partial charge on any atom is 0.275 e. The maximum atomic E-state index is 14.2. The minimum Gasteiger partial charge on any atom is -0.483 e. The minimum atomic E-state index is -1.16. The summed E-state index contributed by atoms with van der Waals surface area (Å²) in [7, 11) is 0. The highest BCUT2D eigenvalue weighted by molar-refractivity contribution is 5.99. The van der Waals surface area contributed by atoms with Gasteiger partial charge in [-0.15, -0.1) is 0 Å². The molecular weight excluding hydrogens is 547 g/mol. The van der Waals surface area contributed by atoms with E-state index in [1.807, 2.05) is 35.2 Å². The number of amides is 2. The molecule has 42 heavy (non-hydrogen) atoms. The van der Waals surface area contributed by atoms with Gasteiger partial charge < -0.3 is 19.5 Å². The zero-order chi connectivity index (χ0) is 29.9. The van der Waals surface area contributed by atoms with Gasteiger partial charge in [0.25, 0.3) is 11.8 Å². The van der Waals surface area contributed by atoms with Gasteiger partial charge in [0.2, 0.25) is 5.43 Å². The van der Waals surface area contributed by atoms with Gasteiger partial charge in [0.05, 0.1) is 6.04 Å². The molecule has 1 saturated heterocycles. The fourth-order valence-electron chi connectivity index (χ4n) is 7.28. The molecule has 10 heteroatoms. The first-order valence-electron chi connectivity index (χ1n) is 14.3. The van der Waals surface area contributed by atoms with Crippen molar-refractivity contribution in [1.29, 1.82) is 0 Å². The molecule has 2 unspecified atom stereocenters. The van der Waals surface area contributed by atoms with Gasteiger partial charge in [0.15, 0.2) is 11.4 Å². The Morgan fingerprint density at radius 3 is 2.38 bits per heavy atom. The molecule has 1 aromatic heterocycles. The number of nitrogens with one attached hydrogen (secondary N) is 1. The summed E-state index contributed by atoms with van der Waals surface area (Å²) in [6.45, 7) is 6.20. The summed E-state index contributed by atoms with van der Waals surface area (Å²) >= 11 is 0. The van der Waals surface area contributed by atoms with E-state index in [1.165, 1.54) is 6.20 Å². The van der Waals surface area contributed by atoms with Crippen molar-refractivity contribution in [3.05, 3.63) is 98.7 Å². The van der Waals surface area contributed by atoms with Crippen LogP contribution in [0.4, 0.5) is 13.2 Å². The number of nitrogens with zero attached hydrogens (tertiary/aromatic N) is 2. The number of carbonyl (C=O) groups is 2. The maximum absolute atomic E-state index is 14.2. The van der Waals surface area contributed by atoms with Crippen molar-refractivity contribution >= 4 is 11.8 Å². The Balaban J connectivity index is 1.39. The summed E-state index contributed by atoms with van der Waals surface area (Å²) < 4.78 is 49.4. The molecule has 3 aliphatic rings. The number of carbonyl (C=O) groups excluding carboxylic acids is 2. The van der Waals surface area contributed by atoms with Crippen LogP contribution < -0.4 is 15.5 Å². The van der Waals surface area contributed by atoms with Crippen LogP contribution in [0.1, 0.15) is 59.2 Å². The summed E-state index contributed by atoms with van der Waals surface area (Å²) in [6, 6.07) is 10.1. The number of rotatable bonds is 7. The van der Waals surface area contributed by atoms with Crippen LogP contribution in [0.5, 0.6) is 5.75 Å². The molecule has 2 aliphatic heterocycles. The lowest BCUT2D eigenvalue weighted by atomic mass is 9.83. The van der Waals surface area contributed by atoms with E-state index in [0.29, 0.717) is 36.4 Å². The van der Waals surface area contributed by atoms with Crippen molar-refractivity contribution in [2.75, 3.05) is 0 Å². The van der Waals surface area contributed by atoms with Crippen molar-refractivity contribution in [3.63, 3.8) is 0 Å². The Bertz CT molecular complexity index is 1600. The SMILES string of the molecule is CCC1[C@H]2[C@@H](C)[C@H]2C(C)[C@@H]2Cn3cc(C(=O)NCc4c(F)cc(F)cc4F)c(=O)c(OCc4ccccc4)c3C(=O)N12. The topological polar surface area (TPSA) is 80.6 Å². The van der Waals surface area contributed by atoms with Gasteiger partial charge >= 0.3 is 0 Å². The van der Waals surface area contributed by atoms with Crippen LogP contribution in [0.3, 0.4) is 0 Å². The van der Waals surface area contributed by atoms with Gasteiger partial charge in [-0.3, -0.25) is 14.4 Å². The highest BCUT2D eigenvalue weighted by Crippen LogP contribution is 2.60. The second-order valence-electron chi connectivity index (χ2n) is 11.6. The number of piperidine rings is 1. The molecule has 0 bridgehead atoms. The molecule has 6 rings (SSSR count). The lowest BCUT2D eigenvalue weighted by molar-refractivity contribution is 0.0106. The van der Waals surface area contributed by atoms with Crippen LogP contribution >= 0.6 is 0 Å². The number of pyridine rings is 1. The summed E-state index contributed by atoms with van der Waals surface area (Å²) in [5, 5.41) is 2.37. The zero-order valence-corrected chi connectivity index (χ0v) is 23.6. The Labute approximate surface area is 241 Å². The third-order valence-corrected chi connectivity index (χ3v) is 9.37. The molecule has 2 amide bonds. The first kappa shape index (κ1) is 28.1. The van der Waals surface area contributed by atoms with Crippen LogP contribution in [-0.4, -0.2) is 33.4 Å². The number of halogens is 3. The third-order valence-electron chi connectivity index (χ3n) is 9.37. The lowest BCUT2D eigenvalue weighted by Crippen LogP contribution is -2.59. The highest BCUT2D eigenvalue weighted by Gasteiger charge is 2.62. The predicted molar refractivity (Wildman–Crippen MR) is 148 cm³/mol. The van der Waals surface area contributed by atoms with Gasteiger partial charge in [0, 0.05) is 43.0 Å². The average molecular weight is 580 g/mol. The number of benzene rings is 2. The Hall–Kier alpha value is -4.08. The van der Waals surface area contributed by atoms with Gasteiger partial charge in [-0.05, 0) is 35.7 Å². The molecule has 2 fully saturated rings. The van der Waals surface area contributed by atoms with Crippen molar-refractivity contribution in [3.8, 4) is 5.75 Å². The van der Waals surface area contributed by atoms with Crippen molar-refractivity contribution in [2.24, 2.45) is 23.7 Å². The monoisotopic (exact) mass is 579 g/mol.